The van der Waals surface area contributed by atoms with E-state index in [1.54, 1.807) is 30.3 Å². The van der Waals surface area contributed by atoms with E-state index in [1.807, 2.05) is 38.4 Å². The first kappa shape index (κ1) is 23.8. The van der Waals surface area contributed by atoms with E-state index < -0.39 is 10.0 Å². The van der Waals surface area contributed by atoms with Crippen molar-refractivity contribution in [3.8, 4) is 0 Å². The average Bonchev–Trinajstić information content (AvgIpc) is 3.02. The Morgan fingerprint density at radius 2 is 1.83 bits per heavy atom. The maximum Gasteiger partial charge on any atom is 0.244 e. The molecule has 2 rings (SSSR count). The highest BCUT2D eigenvalue weighted by molar-refractivity contribution is 7.89. The topological polar surface area (TPSA) is 84.3 Å². The van der Waals surface area contributed by atoms with Gasteiger partial charge >= 0.3 is 0 Å². The van der Waals surface area contributed by atoms with E-state index in [-0.39, 0.29) is 16.7 Å². The van der Waals surface area contributed by atoms with E-state index in [0.29, 0.717) is 19.6 Å². The molecule has 1 aromatic carbocycles. The summed E-state index contributed by atoms with van der Waals surface area (Å²) in [6.07, 6.45) is 3.14. The minimum absolute atomic E-state index is 0.185. The maximum atomic E-state index is 12.5. The Hall–Kier alpha value is -2.45. The van der Waals surface area contributed by atoms with Gasteiger partial charge in [-0.05, 0) is 49.6 Å². The molecule has 0 aliphatic heterocycles. The second-order valence-electron chi connectivity index (χ2n) is 7.45. The number of rotatable bonds is 10. The number of aromatic nitrogens is 2. The number of benzene rings is 1. The summed E-state index contributed by atoms with van der Waals surface area (Å²) in [5, 5.41) is 7.34. The van der Waals surface area contributed by atoms with Gasteiger partial charge in [0.05, 0.1) is 10.6 Å². The zero-order valence-corrected chi connectivity index (χ0v) is 19.2. The first-order valence-corrected chi connectivity index (χ1v) is 11.7. The van der Waals surface area contributed by atoms with E-state index in [1.165, 1.54) is 10.4 Å². The number of nitrogens with one attached hydrogen (secondary N) is 1. The Labute approximate surface area is 179 Å². The fourth-order valence-corrected chi connectivity index (χ4v) is 4.65. The molecule has 0 aliphatic rings. The Bertz CT molecular complexity index is 974. The SMILES string of the molecule is CCN(CC)S(=O)(=O)c1ccc(/C=C/C(=O)NCC(C)Cn2nc(C)cc2C)cc1. The zero-order chi connectivity index (χ0) is 22.3. The number of hydrogen-bond acceptors (Lipinski definition) is 4. The normalized spacial score (nSPS) is 13.1. The molecule has 2 aromatic rings. The summed E-state index contributed by atoms with van der Waals surface area (Å²) in [6.45, 7) is 11.8. The van der Waals surface area contributed by atoms with Crippen molar-refractivity contribution >= 4 is 22.0 Å². The third-order valence-electron chi connectivity index (χ3n) is 4.86. The summed E-state index contributed by atoms with van der Waals surface area (Å²) >= 11 is 0. The van der Waals surface area contributed by atoms with Crippen LogP contribution in [0, 0.1) is 19.8 Å². The van der Waals surface area contributed by atoms with Crippen LogP contribution in [-0.4, -0.2) is 48.0 Å². The number of hydrogen-bond donors (Lipinski definition) is 1. The largest absolute Gasteiger partial charge is 0.352 e. The number of carbonyl (C=O) groups excluding carboxylic acids is 1. The van der Waals surface area contributed by atoms with Gasteiger partial charge in [0.25, 0.3) is 0 Å². The summed E-state index contributed by atoms with van der Waals surface area (Å²) in [5.41, 5.74) is 2.86. The molecule has 0 aliphatic carbocycles. The van der Waals surface area contributed by atoms with Crippen LogP contribution >= 0.6 is 0 Å². The standard InChI is InChI=1S/C22H32N4O3S/c1-6-25(7-2)30(28,29)21-11-8-20(9-12-21)10-13-22(27)23-15-17(3)16-26-19(5)14-18(4)24-26/h8-14,17H,6-7,15-16H2,1-5H3,(H,23,27)/b13-10+. The van der Waals surface area contributed by atoms with E-state index in [4.69, 9.17) is 0 Å². The fraction of sp³-hybridized carbons (Fsp3) is 0.455. The molecule has 0 radical (unpaired) electrons. The predicted octanol–water partition coefficient (Wildman–Crippen LogP) is 3.00. The second kappa shape index (κ2) is 10.5. The molecule has 1 aromatic heterocycles. The van der Waals surface area contributed by atoms with Gasteiger partial charge in [-0.1, -0.05) is 32.9 Å². The van der Waals surface area contributed by atoms with Crippen LogP contribution in [0.15, 0.2) is 41.3 Å². The first-order valence-electron chi connectivity index (χ1n) is 10.2. The highest BCUT2D eigenvalue weighted by Gasteiger charge is 2.20. The van der Waals surface area contributed by atoms with Gasteiger partial charge in [0.15, 0.2) is 0 Å². The molecule has 0 fully saturated rings. The molecule has 1 N–H and O–H groups in total. The molecule has 1 atom stereocenters. The van der Waals surface area contributed by atoms with Crippen molar-refractivity contribution in [2.45, 2.75) is 46.1 Å². The quantitative estimate of drug-likeness (QED) is 0.585. The third-order valence-corrected chi connectivity index (χ3v) is 6.93. The highest BCUT2D eigenvalue weighted by atomic mass is 32.2. The van der Waals surface area contributed by atoms with Gasteiger partial charge in [-0.25, -0.2) is 8.42 Å². The molecule has 1 heterocycles. The number of carbonyl (C=O) groups is 1. The van der Waals surface area contributed by atoms with Crippen molar-refractivity contribution in [2.24, 2.45) is 5.92 Å². The summed E-state index contributed by atoms with van der Waals surface area (Å²) in [4.78, 5) is 12.4. The third kappa shape index (κ3) is 6.27. The van der Waals surface area contributed by atoms with Crippen molar-refractivity contribution < 1.29 is 13.2 Å². The van der Waals surface area contributed by atoms with Crippen LogP contribution < -0.4 is 5.32 Å². The first-order chi connectivity index (χ1) is 14.2. The Morgan fingerprint density at radius 1 is 1.20 bits per heavy atom. The lowest BCUT2D eigenvalue weighted by Crippen LogP contribution is -2.30. The van der Waals surface area contributed by atoms with Gasteiger partial charge in [0.1, 0.15) is 0 Å². The van der Waals surface area contributed by atoms with Crippen LogP contribution in [-0.2, 0) is 21.4 Å². The number of nitrogens with zero attached hydrogens (tertiary/aromatic N) is 3. The van der Waals surface area contributed by atoms with Gasteiger partial charge in [0, 0.05) is 37.9 Å². The molecular formula is C22H32N4O3S. The molecule has 8 heteroatoms. The zero-order valence-electron chi connectivity index (χ0n) is 18.4. The Kier molecular flexibility index (Phi) is 8.37. The van der Waals surface area contributed by atoms with E-state index in [9.17, 15) is 13.2 Å². The van der Waals surface area contributed by atoms with Crippen LogP contribution in [0.1, 0.15) is 37.7 Å². The lowest BCUT2D eigenvalue weighted by Gasteiger charge is -2.18. The monoisotopic (exact) mass is 432 g/mol. The van der Waals surface area contributed by atoms with E-state index >= 15 is 0 Å². The molecule has 0 saturated heterocycles. The van der Waals surface area contributed by atoms with Crippen LogP contribution in [0.5, 0.6) is 0 Å². The molecule has 1 unspecified atom stereocenters. The summed E-state index contributed by atoms with van der Waals surface area (Å²) in [5.74, 6) is 0.0555. The molecular weight excluding hydrogens is 400 g/mol. The maximum absolute atomic E-state index is 12.5. The summed E-state index contributed by atoms with van der Waals surface area (Å²) in [7, 11) is -3.47. The summed E-state index contributed by atoms with van der Waals surface area (Å²) < 4.78 is 28.4. The highest BCUT2D eigenvalue weighted by Crippen LogP contribution is 2.16. The molecule has 0 bridgehead atoms. The molecule has 164 valence electrons. The Morgan fingerprint density at radius 3 is 2.37 bits per heavy atom. The van der Waals surface area contributed by atoms with Crippen molar-refractivity contribution in [1.82, 2.24) is 19.4 Å². The lowest BCUT2D eigenvalue weighted by molar-refractivity contribution is -0.116. The lowest BCUT2D eigenvalue weighted by atomic mass is 10.1. The van der Waals surface area contributed by atoms with Gasteiger partial charge in [-0.15, -0.1) is 0 Å². The van der Waals surface area contributed by atoms with Gasteiger partial charge in [-0.3, -0.25) is 9.48 Å². The van der Waals surface area contributed by atoms with Crippen LogP contribution in [0.25, 0.3) is 6.08 Å². The predicted molar refractivity (Wildman–Crippen MR) is 119 cm³/mol. The molecule has 30 heavy (non-hydrogen) atoms. The second-order valence-corrected chi connectivity index (χ2v) is 9.39. The van der Waals surface area contributed by atoms with E-state index in [2.05, 4.69) is 17.3 Å². The van der Waals surface area contributed by atoms with Crippen molar-refractivity contribution in [3.05, 3.63) is 53.4 Å². The smallest absolute Gasteiger partial charge is 0.244 e. The number of sulfonamides is 1. The Balaban J connectivity index is 1.89. The minimum atomic E-state index is -3.47. The van der Waals surface area contributed by atoms with Crippen molar-refractivity contribution in [3.63, 3.8) is 0 Å². The number of amides is 1. The van der Waals surface area contributed by atoms with E-state index in [0.717, 1.165) is 23.5 Å². The molecule has 0 saturated carbocycles. The minimum Gasteiger partial charge on any atom is -0.352 e. The fourth-order valence-electron chi connectivity index (χ4n) is 3.19. The van der Waals surface area contributed by atoms with Gasteiger partial charge in [-0.2, -0.15) is 9.40 Å². The number of aryl methyl sites for hydroxylation is 2. The molecule has 7 nitrogen and oxygen atoms in total. The van der Waals surface area contributed by atoms with Crippen molar-refractivity contribution in [2.75, 3.05) is 19.6 Å². The van der Waals surface area contributed by atoms with Gasteiger partial charge < -0.3 is 5.32 Å². The molecule has 0 spiro atoms. The van der Waals surface area contributed by atoms with Crippen LogP contribution in [0.3, 0.4) is 0 Å². The summed E-state index contributed by atoms with van der Waals surface area (Å²) in [6, 6.07) is 8.58. The molecule has 1 amide bonds. The average molecular weight is 433 g/mol. The van der Waals surface area contributed by atoms with Crippen molar-refractivity contribution in [1.29, 1.82) is 0 Å². The van der Waals surface area contributed by atoms with Crippen LogP contribution in [0.4, 0.5) is 0 Å². The van der Waals surface area contributed by atoms with Crippen LogP contribution in [0.2, 0.25) is 0 Å². The van der Waals surface area contributed by atoms with Gasteiger partial charge in [0.2, 0.25) is 15.9 Å².